The Hall–Kier alpha value is -2.02. The maximum absolute atomic E-state index is 5.94. The van der Waals surface area contributed by atoms with Crippen LogP contribution in [0, 0.1) is 0 Å². The summed E-state index contributed by atoms with van der Waals surface area (Å²) in [5.41, 5.74) is 3.35. The highest BCUT2D eigenvalue weighted by Crippen LogP contribution is 2.32. The van der Waals surface area contributed by atoms with Gasteiger partial charge in [-0.05, 0) is 23.1 Å². The van der Waals surface area contributed by atoms with Gasteiger partial charge >= 0.3 is 0 Å². The summed E-state index contributed by atoms with van der Waals surface area (Å²) in [6.45, 7) is 2.23. The van der Waals surface area contributed by atoms with Crippen LogP contribution in [-0.2, 0) is 0 Å². The summed E-state index contributed by atoms with van der Waals surface area (Å²) < 4.78 is 5.94. The van der Waals surface area contributed by atoms with Crippen molar-refractivity contribution in [3.63, 3.8) is 0 Å². The molecule has 0 spiro atoms. The van der Waals surface area contributed by atoms with Gasteiger partial charge < -0.3 is 4.42 Å². The van der Waals surface area contributed by atoms with E-state index in [-0.39, 0.29) is 0 Å². The first-order chi connectivity index (χ1) is 8.34. The van der Waals surface area contributed by atoms with Crippen LogP contribution in [0.2, 0.25) is 0 Å². The van der Waals surface area contributed by atoms with Crippen molar-refractivity contribution in [1.29, 1.82) is 0 Å². The van der Waals surface area contributed by atoms with Gasteiger partial charge in [-0.1, -0.05) is 43.3 Å². The number of furan rings is 1. The minimum absolute atomic E-state index is 0.443. The molecule has 0 radical (unpaired) electrons. The molecule has 1 aliphatic rings. The van der Waals surface area contributed by atoms with Gasteiger partial charge in [0.1, 0.15) is 11.0 Å². The van der Waals surface area contributed by atoms with E-state index in [1.54, 1.807) is 0 Å². The second-order valence-electron chi connectivity index (χ2n) is 4.69. The van der Waals surface area contributed by atoms with Gasteiger partial charge in [0.25, 0.3) is 0 Å². The summed E-state index contributed by atoms with van der Waals surface area (Å²) in [7, 11) is 0. The zero-order valence-corrected chi connectivity index (χ0v) is 9.60. The molecule has 82 valence electrons. The van der Waals surface area contributed by atoms with Gasteiger partial charge in [0.05, 0.1) is 0 Å². The average Bonchev–Trinajstić information content (AvgIpc) is 2.63. The van der Waals surface area contributed by atoms with Crippen molar-refractivity contribution in [3.8, 4) is 0 Å². The Balaban J connectivity index is 2.38. The molecule has 0 saturated carbocycles. The van der Waals surface area contributed by atoms with Crippen LogP contribution in [0.4, 0.5) is 0 Å². The van der Waals surface area contributed by atoms with Gasteiger partial charge in [0.2, 0.25) is 0 Å². The molecular weight excluding hydrogens is 208 g/mol. The maximum Gasteiger partial charge on any atom is 0.136 e. The van der Waals surface area contributed by atoms with Gasteiger partial charge in [-0.2, -0.15) is 0 Å². The number of benzene rings is 2. The highest BCUT2D eigenvalue weighted by molar-refractivity contribution is 6.10. The van der Waals surface area contributed by atoms with Crippen molar-refractivity contribution in [2.45, 2.75) is 12.8 Å². The molecule has 1 aromatic heterocycles. The molecule has 0 aliphatic heterocycles. The van der Waals surface area contributed by atoms with Crippen LogP contribution < -0.4 is 5.42 Å². The Morgan fingerprint density at radius 3 is 2.94 bits per heavy atom. The SMILES string of the molecule is C[C@H]1C=CC=c2oc3cccc4ccc1c2c43. The quantitative estimate of drug-likeness (QED) is 0.562. The molecule has 1 atom stereocenters. The third-order valence-corrected chi connectivity index (χ3v) is 3.64. The van der Waals surface area contributed by atoms with Crippen LogP contribution in [-0.4, -0.2) is 0 Å². The lowest BCUT2D eigenvalue weighted by molar-refractivity contribution is 0.584. The first-order valence-corrected chi connectivity index (χ1v) is 5.97. The first kappa shape index (κ1) is 9.06. The molecular formula is C16H12O. The number of hydrogen-bond donors (Lipinski definition) is 0. The van der Waals surface area contributed by atoms with Gasteiger partial charge in [-0.3, -0.25) is 0 Å². The minimum atomic E-state index is 0.443. The molecule has 0 fully saturated rings. The van der Waals surface area contributed by atoms with E-state index in [1.165, 1.54) is 21.7 Å². The van der Waals surface area contributed by atoms with E-state index in [1.807, 2.05) is 6.07 Å². The van der Waals surface area contributed by atoms with Crippen LogP contribution in [0.15, 0.2) is 46.9 Å². The summed E-state index contributed by atoms with van der Waals surface area (Å²) in [4.78, 5) is 0. The molecule has 3 aromatic rings. The highest BCUT2D eigenvalue weighted by Gasteiger charge is 2.16. The van der Waals surface area contributed by atoms with Gasteiger partial charge in [0.15, 0.2) is 0 Å². The maximum atomic E-state index is 5.94. The number of hydrogen-bond acceptors (Lipinski definition) is 1. The van der Waals surface area contributed by atoms with Gasteiger partial charge in [-0.15, -0.1) is 0 Å². The van der Waals surface area contributed by atoms with E-state index in [9.17, 15) is 0 Å². The van der Waals surface area contributed by atoms with E-state index < -0.39 is 0 Å². The molecule has 1 aliphatic carbocycles. The highest BCUT2D eigenvalue weighted by atomic mass is 16.3. The normalized spacial score (nSPS) is 18.5. The Kier molecular flexibility index (Phi) is 1.60. The van der Waals surface area contributed by atoms with E-state index in [2.05, 4.69) is 49.4 Å². The summed E-state index contributed by atoms with van der Waals surface area (Å²) in [6.07, 6.45) is 6.38. The van der Waals surface area contributed by atoms with Crippen molar-refractivity contribution in [1.82, 2.24) is 0 Å². The van der Waals surface area contributed by atoms with Crippen molar-refractivity contribution in [2.24, 2.45) is 0 Å². The third-order valence-electron chi connectivity index (χ3n) is 3.64. The molecule has 0 bridgehead atoms. The minimum Gasteiger partial charge on any atom is -0.456 e. The predicted molar refractivity (Wildman–Crippen MR) is 71.0 cm³/mol. The largest absolute Gasteiger partial charge is 0.456 e. The first-order valence-electron chi connectivity index (χ1n) is 5.97. The Morgan fingerprint density at radius 2 is 2.00 bits per heavy atom. The summed E-state index contributed by atoms with van der Waals surface area (Å²) in [5.74, 6) is 0.443. The number of rotatable bonds is 0. The summed E-state index contributed by atoms with van der Waals surface area (Å²) >= 11 is 0. The fourth-order valence-electron chi connectivity index (χ4n) is 2.79. The topological polar surface area (TPSA) is 13.1 Å². The van der Waals surface area contributed by atoms with Crippen LogP contribution in [0.25, 0.3) is 27.8 Å². The molecule has 0 unspecified atom stereocenters. The molecule has 0 saturated heterocycles. The lowest BCUT2D eigenvalue weighted by atomic mass is 9.94. The summed E-state index contributed by atoms with van der Waals surface area (Å²) in [5, 5.41) is 3.82. The van der Waals surface area contributed by atoms with Crippen molar-refractivity contribution >= 4 is 27.8 Å². The standard InChI is InChI=1S/C16H12O/c1-10-4-2-6-14-16-12(10)9-8-11-5-3-7-13(17-14)15(11)16/h2-10H,1H3/t10-/m0/s1. The van der Waals surface area contributed by atoms with E-state index in [0.29, 0.717) is 5.92 Å². The monoisotopic (exact) mass is 220 g/mol. The predicted octanol–water partition coefficient (Wildman–Crippen LogP) is 3.76. The zero-order valence-electron chi connectivity index (χ0n) is 9.60. The lowest BCUT2D eigenvalue weighted by Gasteiger charge is -2.08. The molecule has 2 aromatic carbocycles. The fraction of sp³-hybridized carbons (Fsp3) is 0.125. The third kappa shape index (κ3) is 1.09. The van der Waals surface area contributed by atoms with Gasteiger partial charge in [0, 0.05) is 16.7 Å². The van der Waals surface area contributed by atoms with Crippen LogP contribution in [0.5, 0.6) is 0 Å². The van der Waals surface area contributed by atoms with Crippen molar-refractivity contribution in [3.05, 3.63) is 53.5 Å². The average molecular weight is 220 g/mol. The molecule has 0 amide bonds. The molecule has 1 nitrogen and oxygen atoms in total. The van der Waals surface area contributed by atoms with Gasteiger partial charge in [-0.25, -0.2) is 0 Å². The second-order valence-corrected chi connectivity index (χ2v) is 4.69. The van der Waals surface area contributed by atoms with E-state index >= 15 is 0 Å². The Morgan fingerprint density at radius 1 is 1.06 bits per heavy atom. The zero-order chi connectivity index (χ0) is 11.4. The van der Waals surface area contributed by atoms with Crippen LogP contribution in [0.1, 0.15) is 18.4 Å². The van der Waals surface area contributed by atoms with Crippen LogP contribution in [0.3, 0.4) is 0 Å². The lowest BCUT2D eigenvalue weighted by Crippen LogP contribution is -1.98. The molecule has 0 N–H and O–H groups in total. The smallest absolute Gasteiger partial charge is 0.136 e. The molecule has 1 heteroatoms. The molecule has 4 rings (SSSR count). The second kappa shape index (κ2) is 3.01. The molecule has 1 heterocycles. The van der Waals surface area contributed by atoms with E-state index in [4.69, 9.17) is 4.42 Å². The summed E-state index contributed by atoms with van der Waals surface area (Å²) in [6, 6.07) is 10.7. The van der Waals surface area contributed by atoms with Crippen molar-refractivity contribution < 1.29 is 4.42 Å². The van der Waals surface area contributed by atoms with E-state index in [0.717, 1.165) is 11.0 Å². The Labute approximate surface area is 99.0 Å². The fourth-order valence-corrected chi connectivity index (χ4v) is 2.79. The van der Waals surface area contributed by atoms with Crippen LogP contribution >= 0.6 is 0 Å². The molecule has 17 heavy (non-hydrogen) atoms. The number of allylic oxidation sites excluding steroid dienone is 2. The van der Waals surface area contributed by atoms with Crippen molar-refractivity contribution in [2.75, 3.05) is 0 Å². The Bertz CT molecular complexity index is 805.